The molecule has 0 spiro atoms. The number of hydrogen-bond acceptors (Lipinski definition) is 5. The molecule has 1 atom stereocenters. The first kappa shape index (κ1) is 28.9. The summed E-state index contributed by atoms with van der Waals surface area (Å²) in [7, 11) is 0. The highest BCUT2D eigenvalue weighted by Crippen LogP contribution is 2.41. The van der Waals surface area contributed by atoms with E-state index in [-0.39, 0.29) is 17.1 Å². The lowest BCUT2D eigenvalue weighted by molar-refractivity contribution is -0.0505. The quantitative estimate of drug-likeness (QED) is 0.202. The van der Waals surface area contributed by atoms with Gasteiger partial charge in [0.05, 0.1) is 16.3 Å². The number of aromatic nitrogens is 1. The summed E-state index contributed by atoms with van der Waals surface area (Å²) in [5.74, 6) is 0.0843. The average molecular weight is 627 g/mol. The summed E-state index contributed by atoms with van der Waals surface area (Å²) in [6, 6.07) is 19.3. The smallest absolute Gasteiger partial charge is 0.387 e. The predicted octanol–water partition coefficient (Wildman–Crippen LogP) is 7.34. The van der Waals surface area contributed by atoms with Crippen molar-refractivity contribution in [1.82, 2.24) is 4.57 Å². The number of thiazole rings is 1. The molecule has 1 aromatic heterocycles. The van der Waals surface area contributed by atoms with Crippen molar-refractivity contribution in [3.8, 4) is 11.5 Å². The normalized spacial score (nSPS) is 17.7. The molecule has 2 heterocycles. The van der Waals surface area contributed by atoms with Crippen LogP contribution in [0.5, 0.6) is 11.5 Å². The Kier molecular flexibility index (Phi) is 8.23. The van der Waals surface area contributed by atoms with Gasteiger partial charge < -0.3 is 9.47 Å². The Morgan fingerprint density at radius 1 is 0.837 bits per heavy atom. The van der Waals surface area contributed by atoms with Gasteiger partial charge in [0.1, 0.15) is 11.5 Å². The molecule has 0 amide bonds. The number of alkyl halides is 4. The summed E-state index contributed by atoms with van der Waals surface area (Å²) in [5, 5.41) is 0.584. The van der Waals surface area contributed by atoms with Crippen LogP contribution in [0.2, 0.25) is 5.02 Å². The molecule has 0 fully saturated rings. The lowest BCUT2D eigenvalue weighted by Crippen LogP contribution is -2.39. The number of nitrogens with zero attached hydrogens (tertiary/aromatic N) is 2. The summed E-state index contributed by atoms with van der Waals surface area (Å²) in [5.41, 5.74) is 4.76. The fraction of sp³-hybridized carbons (Fsp3) is 0.188. The van der Waals surface area contributed by atoms with Crippen LogP contribution in [0.25, 0.3) is 12.2 Å². The van der Waals surface area contributed by atoms with E-state index in [1.807, 2.05) is 18.2 Å². The van der Waals surface area contributed by atoms with Crippen molar-refractivity contribution in [3.05, 3.63) is 131 Å². The number of halogens is 5. The molecule has 1 aliphatic carbocycles. The van der Waals surface area contributed by atoms with Gasteiger partial charge in [-0.25, -0.2) is 4.99 Å². The second kappa shape index (κ2) is 12.2. The lowest BCUT2D eigenvalue weighted by Gasteiger charge is -2.31. The van der Waals surface area contributed by atoms with Crippen LogP contribution in [0.15, 0.2) is 99.4 Å². The summed E-state index contributed by atoms with van der Waals surface area (Å²) in [4.78, 5) is 19.4. The van der Waals surface area contributed by atoms with E-state index < -0.39 is 19.3 Å². The highest BCUT2D eigenvalue weighted by atomic mass is 35.5. The third-order valence-electron chi connectivity index (χ3n) is 7.17. The molecule has 0 saturated heterocycles. The van der Waals surface area contributed by atoms with Gasteiger partial charge in [-0.3, -0.25) is 9.36 Å². The van der Waals surface area contributed by atoms with Crippen molar-refractivity contribution in [1.29, 1.82) is 0 Å². The Labute approximate surface area is 252 Å². The van der Waals surface area contributed by atoms with Crippen LogP contribution in [0.4, 0.5) is 17.6 Å². The minimum Gasteiger partial charge on any atom is -0.435 e. The van der Waals surface area contributed by atoms with E-state index in [4.69, 9.17) is 16.6 Å². The molecular weight excluding hydrogens is 604 g/mol. The summed E-state index contributed by atoms with van der Waals surface area (Å²) in [6.45, 7) is -5.86. The molecular formula is C32H23ClF4N2O3S. The van der Waals surface area contributed by atoms with Gasteiger partial charge in [0.15, 0.2) is 4.80 Å². The van der Waals surface area contributed by atoms with Crippen molar-refractivity contribution in [2.45, 2.75) is 38.5 Å². The van der Waals surface area contributed by atoms with Crippen molar-refractivity contribution in [2.75, 3.05) is 0 Å². The monoisotopic (exact) mass is 626 g/mol. The molecule has 1 unspecified atom stereocenters. The van der Waals surface area contributed by atoms with Crippen LogP contribution >= 0.6 is 22.9 Å². The maximum Gasteiger partial charge on any atom is 0.387 e. The molecule has 0 bridgehead atoms. The largest absolute Gasteiger partial charge is 0.435 e. The summed E-state index contributed by atoms with van der Waals surface area (Å²) in [6.07, 6.45) is 5.95. The first-order chi connectivity index (χ1) is 20.7. The Morgan fingerprint density at radius 3 is 2.05 bits per heavy atom. The van der Waals surface area contributed by atoms with E-state index in [1.54, 1.807) is 47.0 Å². The maximum atomic E-state index is 13.9. The van der Waals surface area contributed by atoms with Gasteiger partial charge in [0.2, 0.25) is 0 Å². The van der Waals surface area contributed by atoms with Gasteiger partial charge in [-0.05, 0) is 95.6 Å². The number of hydrogen-bond donors (Lipinski definition) is 0. The second-order valence-corrected chi connectivity index (χ2v) is 11.4. The third-order valence-corrected chi connectivity index (χ3v) is 8.40. The van der Waals surface area contributed by atoms with E-state index in [1.165, 1.54) is 35.6 Å². The standard InChI is InChI=1S/C32H23ClF4N2O3S/c33-22-10-4-19(5-11-22)17-26-29(40)39-28(20-8-14-24(15-9-20)42-31(36)37)25-3-1-2-21(27(25)38-32(39)43-26)16-18-6-12-23(13-7-18)41-30(34)35/h4-17,28,30-31H,1-3H2. The molecule has 5 nitrogen and oxygen atoms in total. The molecule has 0 N–H and O–H groups in total. The Balaban J connectivity index is 1.49. The van der Waals surface area contributed by atoms with Gasteiger partial charge >= 0.3 is 13.2 Å². The molecule has 3 aromatic carbocycles. The van der Waals surface area contributed by atoms with Gasteiger partial charge in [0.25, 0.3) is 5.56 Å². The van der Waals surface area contributed by atoms with Crippen molar-refractivity contribution in [3.63, 3.8) is 0 Å². The first-order valence-corrected chi connectivity index (χ1v) is 14.6. The molecule has 0 radical (unpaired) electrons. The fourth-order valence-corrected chi connectivity index (χ4v) is 6.47. The number of rotatable bonds is 7. The van der Waals surface area contributed by atoms with Gasteiger partial charge in [-0.1, -0.05) is 59.3 Å². The van der Waals surface area contributed by atoms with Crippen LogP contribution in [0.3, 0.4) is 0 Å². The number of fused-ring (bicyclic) bond motifs is 1. The van der Waals surface area contributed by atoms with Crippen LogP contribution < -0.4 is 24.4 Å². The Morgan fingerprint density at radius 2 is 1.42 bits per heavy atom. The van der Waals surface area contributed by atoms with Crippen molar-refractivity contribution >= 4 is 35.1 Å². The molecule has 11 heteroatoms. The number of ether oxygens (including phenoxy) is 2. The topological polar surface area (TPSA) is 52.8 Å². The molecule has 6 rings (SSSR count). The molecule has 220 valence electrons. The predicted molar refractivity (Wildman–Crippen MR) is 158 cm³/mol. The molecule has 2 aliphatic rings. The zero-order chi connectivity index (χ0) is 30.1. The Bertz CT molecular complexity index is 1880. The zero-order valence-corrected chi connectivity index (χ0v) is 23.9. The van der Waals surface area contributed by atoms with Gasteiger partial charge in [-0.2, -0.15) is 17.6 Å². The van der Waals surface area contributed by atoms with Crippen molar-refractivity contribution < 1.29 is 27.0 Å². The molecule has 4 aromatic rings. The fourth-order valence-electron chi connectivity index (χ4n) is 5.35. The van der Waals surface area contributed by atoms with Gasteiger partial charge in [-0.15, -0.1) is 0 Å². The van der Waals surface area contributed by atoms with Gasteiger partial charge in [0, 0.05) is 5.02 Å². The molecule has 0 saturated carbocycles. The highest BCUT2D eigenvalue weighted by molar-refractivity contribution is 7.07. The van der Waals surface area contributed by atoms with E-state index in [0.717, 1.165) is 46.4 Å². The summed E-state index contributed by atoms with van der Waals surface area (Å²) >= 11 is 7.30. The first-order valence-electron chi connectivity index (χ1n) is 13.4. The molecule has 1 aliphatic heterocycles. The van der Waals surface area contributed by atoms with E-state index in [2.05, 4.69) is 9.47 Å². The summed E-state index contributed by atoms with van der Waals surface area (Å²) < 4.78 is 62.0. The SMILES string of the molecule is O=c1c(=Cc2ccc(Cl)cc2)sc2n1C(c1ccc(OC(F)F)cc1)C1=C(N=2)C(=Cc2ccc(OC(F)F)cc2)CCC1. The number of benzene rings is 3. The lowest BCUT2D eigenvalue weighted by atomic mass is 9.84. The van der Waals surface area contributed by atoms with Crippen LogP contribution in [-0.4, -0.2) is 17.8 Å². The van der Waals surface area contributed by atoms with E-state index >= 15 is 0 Å². The number of allylic oxidation sites excluding steroid dienone is 2. The minimum atomic E-state index is -2.95. The molecule has 43 heavy (non-hydrogen) atoms. The van der Waals surface area contributed by atoms with Crippen LogP contribution in [0, 0.1) is 0 Å². The average Bonchev–Trinajstić information content (AvgIpc) is 3.28. The third kappa shape index (κ3) is 6.30. The highest BCUT2D eigenvalue weighted by Gasteiger charge is 2.32. The minimum absolute atomic E-state index is 0.0200. The van der Waals surface area contributed by atoms with E-state index in [0.29, 0.717) is 20.8 Å². The van der Waals surface area contributed by atoms with Crippen LogP contribution in [-0.2, 0) is 0 Å². The Hall–Kier alpha value is -4.15. The van der Waals surface area contributed by atoms with Crippen molar-refractivity contribution in [2.24, 2.45) is 4.99 Å². The van der Waals surface area contributed by atoms with Crippen LogP contribution in [0.1, 0.15) is 42.0 Å². The zero-order valence-electron chi connectivity index (χ0n) is 22.4. The maximum absolute atomic E-state index is 13.9. The van der Waals surface area contributed by atoms with E-state index in [9.17, 15) is 22.4 Å². The second-order valence-electron chi connectivity index (χ2n) is 9.93.